The van der Waals surface area contributed by atoms with E-state index < -0.39 is 0 Å². The monoisotopic (exact) mass is 158 g/mol. The summed E-state index contributed by atoms with van der Waals surface area (Å²) >= 11 is 0. The third-order valence-corrected chi connectivity index (χ3v) is 2.69. The minimum atomic E-state index is 0.354. The number of aliphatic hydroxyl groups excluding tert-OH is 1. The van der Waals surface area contributed by atoms with Crippen LogP contribution in [-0.4, -0.2) is 11.7 Å². The second kappa shape index (κ2) is 5.59. The van der Waals surface area contributed by atoms with Crippen molar-refractivity contribution in [3.63, 3.8) is 0 Å². The summed E-state index contributed by atoms with van der Waals surface area (Å²) in [5.74, 6) is 1.92. The number of aliphatic hydroxyl groups is 1. The van der Waals surface area contributed by atoms with E-state index >= 15 is 0 Å². The van der Waals surface area contributed by atoms with Gasteiger partial charge in [-0.05, 0) is 17.8 Å². The van der Waals surface area contributed by atoms with E-state index in [9.17, 15) is 0 Å². The first-order chi connectivity index (χ1) is 5.17. The maximum atomic E-state index is 9.08. The number of rotatable bonds is 5. The molecule has 0 aliphatic heterocycles. The molecular weight excluding hydrogens is 136 g/mol. The lowest BCUT2D eigenvalue weighted by Crippen LogP contribution is -2.22. The molecule has 0 aliphatic carbocycles. The fourth-order valence-electron chi connectivity index (χ4n) is 1.92. The Morgan fingerprint density at radius 1 is 1.09 bits per heavy atom. The van der Waals surface area contributed by atoms with Crippen molar-refractivity contribution >= 4 is 0 Å². The molecule has 0 bridgehead atoms. The molecule has 0 radical (unpaired) electrons. The van der Waals surface area contributed by atoms with Crippen molar-refractivity contribution in [1.29, 1.82) is 0 Å². The molecule has 0 amide bonds. The van der Waals surface area contributed by atoms with Crippen LogP contribution in [0.4, 0.5) is 0 Å². The molecule has 1 nitrogen and oxygen atoms in total. The van der Waals surface area contributed by atoms with Gasteiger partial charge in [0.05, 0.1) is 0 Å². The van der Waals surface area contributed by atoms with Crippen LogP contribution in [0.25, 0.3) is 0 Å². The molecule has 0 saturated heterocycles. The van der Waals surface area contributed by atoms with E-state index in [0.717, 1.165) is 6.42 Å². The quantitative estimate of drug-likeness (QED) is 0.652. The van der Waals surface area contributed by atoms with Crippen LogP contribution in [-0.2, 0) is 0 Å². The van der Waals surface area contributed by atoms with Crippen molar-refractivity contribution in [2.75, 3.05) is 6.61 Å². The normalized spacial score (nSPS) is 16.9. The van der Waals surface area contributed by atoms with Gasteiger partial charge in [-0.25, -0.2) is 0 Å². The lowest BCUT2D eigenvalue weighted by Gasteiger charge is -2.26. The molecule has 0 aromatic rings. The molecule has 2 unspecified atom stereocenters. The fourth-order valence-corrected chi connectivity index (χ4v) is 1.92. The summed E-state index contributed by atoms with van der Waals surface area (Å²) in [6.07, 6.45) is 2.30. The Balaban J connectivity index is 3.98. The van der Waals surface area contributed by atoms with Crippen molar-refractivity contribution < 1.29 is 5.11 Å². The second-order valence-corrected chi connectivity index (χ2v) is 3.67. The molecule has 0 rings (SSSR count). The Kier molecular flexibility index (Phi) is 5.57. The van der Waals surface area contributed by atoms with Crippen molar-refractivity contribution in [2.24, 2.45) is 17.8 Å². The van der Waals surface area contributed by atoms with Crippen LogP contribution in [0.2, 0.25) is 0 Å². The zero-order chi connectivity index (χ0) is 8.85. The third-order valence-electron chi connectivity index (χ3n) is 2.69. The van der Waals surface area contributed by atoms with Gasteiger partial charge >= 0.3 is 0 Å². The molecule has 1 heteroatoms. The highest BCUT2D eigenvalue weighted by Gasteiger charge is 2.20. The molecule has 11 heavy (non-hydrogen) atoms. The summed E-state index contributed by atoms with van der Waals surface area (Å²) in [7, 11) is 0. The molecule has 0 saturated carbocycles. The third kappa shape index (κ3) is 3.24. The van der Waals surface area contributed by atoms with Gasteiger partial charge in [0.2, 0.25) is 0 Å². The molecule has 0 aromatic carbocycles. The number of hydrogen-bond acceptors (Lipinski definition) is 1. The van der Waals surface area contributed by atoms with E-state index in [-0.39, 0.29) is 0 Å². The van der Waals surface area contributed by atoms with Crippen LogP contribution in [0.1, 0.15) is 40.5 Å². The van der Waals surface area contributed by atoms with E-state index in [1.807, 2.05) is 0 Å². The zero-order valence-corrected chi connectivity index (χ0v) is 8.30. The van der Waals surface area contributed by atoms with Crippen molar-refractivity contribution in [3.8, 4) is 0 Å². The lowest BCUT2D eigenvalue weighted by atomic mass is 9.80. The summed E-state index contributed by atoms with van der Waals surface area (Å²) in [6, 6.07) is 0. The van der Waals surface area contributed by atoms with Gasteiger partial charge in [0.25, 0.3) is 0 Å². The topological polar surface area (TPSA) is 20.2 Å². The predicted octanol–water partition coefficient (Wildman–Crippen LogP) is 2.69. The van der Waals surface area contributed by atoms with Gasteiger partial charge in [-0.3, -0.25) is 0 Å². The van der Waals surface area contributed by atoms with Gasteiger partial charge in [0.15, 0.2) is 0 Å². The van der Waals surface area contributed by atoms with E-state index in [1.54, 1.807) is 0 Å². The molecule has 0 aliphatic rings. The summed E-state index contributed by atoms with van der Waals surface area (Å²) in [6.45, 7) is 9.21. The van der Waals surface area contributed by atoms with Crippen molar-refractivity contribution in [3.05, 3.63) is 0 Å². The molecule has 1 N–H and O–H groups in total. The molecule has 0 aromatic heterocycles. The van der Waals surface area contributed by atoms with Crippen molar-refractivity contribution in [1.82, 2.24) is 0 Å². The van der Waals surface area contributed by atoms with Gasteiger partial charge in [-0.1, -0.05) is 40.5 Å². The maximum absolute atomic E-state index is 9.08. The van der Waals surface area contributed by atoms with Gasteiger partial charge in [0, 0.05) is 6.61 Å². The van der Waals surface area contributed by atoms with E-state index in [4.69, 9.17) is 5.11 Å². The van der Waals surface area contributed by atoms with Gasteiger partial charge < -0.3 is 5.11 Å². The molecule has 68 valence electrons. The van der Waals surface area contributed by atoms with Crippen LogP contribution in [0.15, 0.2) is 0 Å². The Bertz CT molecular complexity index is 84.9. The van der Waals surface area contributed by atoms with E-state index in [1.165, 1.54) is 6.42 Å². The van der Waals surface area contributed by atoms with E-state index in [0.29, 0.717) is 24.4 Å². The Labute approximate surface area is 70.8 Å². The van der Waals surface area contributed by atoms with E-state index in [2.05, 4.69) is 27.7 Å². The molecule has 0 heterocycles. The van der Waals surface area contributed by atoms with Crippen LogP contribution in [0.5, 0.6) is 0 Å². The molecule has 0 spiro atoms. The largest absolute Gasteiger partial charge is 0.396 e. The predicted molar refractivity (Wildman–Crippen MR) is 49.5 cm³/mol. The van der Waals surface area contributed by atoms with Gasteiger partial charge in [0.1, 0.15) is 0 Å². The first-order valence-electron chi connectivity index (χ1n) is 4.78. The first-order valence-corrected chi connectivity index (χ1v) is 4.78. The summed E-state index contributed by atoms with van der Waals surface area (Å²) in [4.78, 5) is 0. The highest BCUT2D eigenvalue weighted by molar-refractivity contribution is 4.69. The summed E-state index contributed by atoms with van der Waals surface area (Å²) < 4.78 is 0. The van der Waals surface area contributed by atoms with Crippen LogP contribution < -0.4 is 0 Å². The maximum Gasteiger partial charge on any atom is 0.0461 e. The Morgan fingerprint density at radius 3 is 1.73 bits per heavy atom. The zero-order valence-electron chi connectivity index (χ0n) is 8.30. The highest BCUT2D eigenvalue weighted by Crippen LogP contribution is 2.26. The van der Waals surface area contributed by atoms with Crippen LogP contribution in [0.3, 0.4) is 0 Å². The average molecular weight is 158 g/mol. The highest BCUT2D eigenvalue weighted by atomic mass is 16.3. The summed E-state index contributed by atoms with van der Waals surface area (Å²) in [5, 5.41) is 9.08. The first kappa shape index (κ1) is 11.0. The molecule has 0 fully saturated rings. The minimum Gasteiger partial charge on any atom is -0.396 e. The summed E-state index contributed by atoms with van der Waals surface area (Å²) in [5.41, 5.74) is 0. The number of hydrogen-bond donors (Lipinski definition) is 1. The van der Waals surface area contributed by atoms with Gasteiger partial charge in [-0.15, -0.1) is 0 Å². The standard InChI is InChI=1S/C10H22O/c1-5-9(7-11)10(6-2)8(3)4/h8-11H,5-7H2,1-4H3. The van der Waals surface area contributed by atoms with Crippen LogP contribution >= 0.6 is 0 Å². The van der Waals surface area contributed by atoms with Crippen molar-refractivity contribution in [2.45, 2.75) is 40.5 Å². The lowest BCUT2D eigenvalue weighted by molar-refractivity contribution is 0.139. The Morgan fingerprint density at radius 2 is 1.64 bits per heavy atom. The fraction of sp³-hybridized carbons (Fsp3) is 1.00. The smallest absolute Gasteiger partial charge is 0.0461 e. The molecular formula is C10H22O. The van der Waals surface area contributed by atoms with Crippen LogP contribution in [0, 0.1) is 17.8 Å². The van der Waals surface area contributed by atoms with Gasteiger partial charge in [-0.2, -0.15) is 0 Å². The molecule has 2 atom stereocenters. The Hall–Kier alpha value is -0.0400. The SMILES string of the molecule is CCC(CO)C(CC)C(C)C. The second-order valence-electron chi connectivity index (χ2n) is 3.67. The average Bonchev–Trinajstić information content (AvgIpc) is 1.99. The minimum absolute atomic E-state index is 0.354.